The van der Waals surface area contributed by atoms with Crippen molar-refractivity contribution in [3.63, 3.8) is 0 Å². The monoisotopic (exact) mass is 164 g/mol. The van der Waals surface area contributed by atoms with Crippen molar-refractivity contribution >= 4 is 10.5 Å². The lowest BCUT2D eigenvalue weighted by Gasteiger charge is -2.01. The third-order valence-corrected chi connectivity index (χ3v) is 1.41. The summed E-state index contributed by atoms with van der Waals surface area (Å²) in [6, 6.07) is 1.90. The molecule has 3 radical (unpaired) electrons. The molecule has 0 aliphatic rings. The maximum absolute atomic E-state index is 8.44. The summed E-state index contributed by atoms with van der Waals surface area (Å²) < 4.78 is 4.59. The molecule has 2 nitrogen and oxygen atoms in total. The standard InChI is InChI=1S/C8H10NOSi/c1-3-4-7(2)5-8(6-9)10-11/h3,5,7H,1,4H2,2H3/b8-5+. The van der Waals surface area contributed by atoms with E-state index in [0.717, 1.165) is 6.42 Å². The first-order chi connectivity index (χ1) is 5.24. The van der Waals surface area contributed by atoms with Gasteiger partial charge in [-0.15, -0.1) is 6.58 Å². The normalized spacial score (nSPS) is 13.4. The summed E-state index contributed by atoms with van der Waals surface area (Å²) in [6.45, 7) is 5.58. The molecule has 1 unspecified atom stereocenters. The predicted molar refractivity (Wildman–Crippen MR) is 44.5 cm³/mol. The molecule has 0 saturated heterocycles. The molecule has 0 heterocycles. The van der Waals surface area contributed by atoms with Gasteiger partial charge in [-0.25, -0.2) is 0 Å². The summed E-state index contributed by atoms with van der Waals surface area (Å²) in [4.78, 5) is 0. The molecule has 0 rings (SSSR count). The Labute approximate surface area is 70.7 Å². The van der Waals surface area contributed by atoms with Gasteiger partial charge < -0.3 is 4.43 Å². The first kappa shape index (κ1) is 9.99. The van der Waals surface area contributed by atoms with Gasteiger partial charge in [0.1, 0.15) is 6.07 Å². The van der Waals surface area contributed by atoms with Crippen LogP contribution in [0, 0.1) is 17.2 Å². The van der Waals surface area contributed by atoms with E-state index in [2.05, 4.69) is 21.5 Å². The molecular formula is C8H10NOSi. The second kappa shape index (κ2) is 5.75. The van der Waals surface area contributed by atoms with E-state index in [0.29, 0.717) is 5.92 Å². The van der Waals surface area contributed by atoms with Crippen LogP contribution in [-0.2, 0) is 4.43 Å². The van der Waals surface area contributed by atoms with Crippen LogP contribution in [-0.4, -0.2) is 10.5 Å². The van der Waals surface area contributed by atoms with Gasteiger partial charge in [0.2, 0.25) is 0 Å². The molecule has 0 aromatic carbocycles. The van der Waals surface area contributed by atoms with Gasteiger partial charge in [0.25, 0.3) is 0 Å². The minimum Gasteiger partial charge on any atom is -0.534 e. The fourth-order valence-electron chi connectivity index (χ4n) is 0.683. The summed E-state index contributed by atoms with van der Waals surface area (Å²) in [5, 5.41) is 8.44. The summed E-state index contributed by atoms with van der Waals surface area (Å²) in [5.41, 5.74) is 0. The Balaban J connectivity index is 4.05. The van der Waals surface area contributed by atoms with Crippen LogP contribution in [0.1, 0.15) is 13.3 Å². The van der Waals surface area contributed by atoms with Crippen molar-refractivity contribution in [3.05, 3.63) is 24.5 Å². The molecule has 11 heavy (non-hydrogen) atoms. The lowest BCUT2D eigenvalue weighted by atomic mass is 10.1. The van der Waals surface area contributed by atoms with Gasteiger partial charge in [-0.05, 0) is 18.4 Å². The highest BCUT2D eigenvalue weighted by Gasteiger charge is 1.97. The van der Waals surface area contributed by atoms with Crippen LogP contribution in [0.5, 0.6) is 0 Å². The minimum absolute atomic E-state index is 0.288. The fourth-order valence-corrected chi connectivity index (χ4v) is 0.797. The largest absolute Gasteiger partial charge is 0.534 e. The van der Waals surface area contributed by atoms with E-state index in [-0.39, 0.29) is 5.76 Å². The smallest absolute Gasteiger partial charge is 0.342 e. The van der Waals surface area contributed by atoms with Crippen LogP contribution < -0.4 is 0 Å². The number of allylic oxidation sites excluding steroid dienone is 3. The second-order valence-electron chi connectivity index (χ2n) is 2.25. The van der Waals surface area contributed by atoms with Crippen molar-refractivity contribution in [2.45, 2.75) is 13.3 Å². The average molecular weight is 164 g/mol. The lowest BCUT2D eigenvalue weighted by Crippen LogP contribution is -1.91. The maximum atomic E-state index is 8.44. The van der Waals surface area contributed by atoms with E-state index in [4.69, 9.17) is 5.26 Å². The van der Waals surface area contributed by atoms with E-state index in [9.17, 15) is 0 Å². The van der Waals surface area contributed by atoms with Gasteiger partial charge in [-0.1, -0.05) is 13.0 Å². The van der Waals surface area contributed by atoms with Gasteiger partial charge in [-0.2, -0.15) is 5.26 Å². The number of nitrogens with zero attached hydrogens (tertiary/aromatic N) is 1. The quantitative estimate of drug-likeness (QED) is 0.274. The highest BCUT2D eigenvalue weighted by molar-refractivity contribution is 5.99. The molecule has 0 aromatic heterocycles. The molecule has 0 N–H and O–H groups in total. The SMILES string of the molecule is C=CCC(C)/C=C(\C#N)O[Si]. The van der Waals surface area contributed by atoms with Crippen molar-refractivity contribution in [1.82, 2.24) is 0 Å². The molecular weight excluding hydrogens is 154 g/mol. The van der Waals surface area contributed by atoms with E-state index >= 15 is 0 Å². The Morgan fingerprint density at radius 3 is 2.91 bits per heavy atom. The lowest BCUT2D eigenvalue weighted by molar-refractivity contribution is 0.486. The number of nitriles is 1. The Morgan fingerprint density at radius 2 is 2.55 bits per heavy atom. The van der Waals surface area contributed by atoms with Gasteiger partial charge in [-0.3, -0.25) is 0 Å². The van der Waals surface area contributed by atoms with Gasteiger partial charge >= 0.3 is 10.5 Å². The number of hydrogen-bond acceptors (Lipinski definition) is 2. The number of hydrogen-bond donors (Lipinski definition) is 0. The first-order valence-electron chi connectivity index (χ1n) is 3.31. The van der Waals surface area contributed by atoms with Crippen LogP contribution >= 0.6 is 0 Å². The summed E-state index contributed by atoms with van der Waals surface area (Å²) in [5.74, 6) is 0.578. The first-order valence-corrected chi connectivity index (χ1v) is 3.71. The van der Waals surface area contributed by atoms with Crippen LogP contribution in [0.4, 0.5) is 0 Å². The highest BCUT2D eigenvalue weighted by Crippen LogP contribution is 2.07. The molecule has 0 saturated carbocycles. The van der Waals surface area contributed by atoms with E-state index in [1.165, 1.54) is 0 Å². The molecule has 0 aromatic rings. The van der Waals surface area contributed by atoms with Gasteiger partial charge in [0.15, 0.2) is 5.76 Å². The third-order valence-electron chi connectivity index (χ3n) is 1.19. The molecule has 0 bridgehead atoms. The van der Waals surface area contributed by atoms with Gasteiger partial charge in [0.05, 0.1) is 0 Å². The molecule has 1 atom stereocenters. The fraction of sp³-hybridized carbons (Fsp3) is 0.375. The van der Waals surface area contributed by atoms with Gasteiger partial charge in [0, 0.05) is 0 Å². The molecule has 0 spiro atoms. The topological polar surface area (TPSA) is 33.0 Å². The molecule has 0 fully saturated rings. The molecule has 0 aliphatic carbocycles. The summed E-state index contributed by atoms with van der Waals surface area (Å²) in [6.07, 6.45) is 4.40. The molecule has 57 valence electrons. The molecule has 3 heteroatoms. The third kappa shape index (κ3) is 4.40. The van der Waals surface area contributed by atoms with E-state index < -0.39 is 0 Å². The Bertz CT molecular complexity index is 193. The zero-order chi connectivity index (χ0) is 8.69. The predicted octanol–water partition coefficient (Wildman–Crippen LogP) is 1.71. The summed E-state index contributed by atoms with van der Waals surface area (Å²) >= 11 is 0. The van der Waals surface area contributed by atoms with Crippen molar-refractivity contribution in [2.24, 2.45) is 5.92 Å². The van der Waals surface area contributed by atoms with Crippen molar-refractivity contribution in [1.29, 1.82) is 5.26 Å². The van der Waals surface area contributed by atoms with Crippen molar-refractivity contribution in [2.75, 3.05) is 0 Å². The van der Waals surface area contributed by atoms with Crippen molar-refractivity contribution < 1.29 is 4.43 Å². The maximum Gasteiger partial charge on any atom is 0.342 e. The minimum atomic E-state index is 0.288. The Hall–Kier alpha value is -1.01. The van der Waals surface area contributed by atoms with Crippen LogP contribution in [0.2, 0.25) is 0 Å². The Morgan fingerprint density at radius 1 is 1.91 bits per heavy atom. The molecule has 0 aliphatic heterocycles. The average Bonchev–Trinajstić information content (AvgIpc) is 2.01. The van der Waals surface area contributed by atoms with E-state index in [1.54, 1.807) is 6.08 Å². The number of rotatable bonds is 4. The Kier molecular flexibility index (Phi) is 5.22. The zero-order valence-electron chi connectivity index (χ0n) is 6.50. The highest BCUT2D eigenvalue weighted by atomic mass is 28.2. The van der Waals surface area contributed by atoms with E-state index in [1.807, 2.05) is 19.1 Å². The van der Waals surface area contributed by atoms with Crippen LogP contribution in [0.25, 0.3) is 0 Å². The molecule has 0 amide bonds. The van der Waals surface area contributed by atoms with Crippen LogP contribution in [0.3, 0.4) is 0 Å². The van der Waals surface area contributed by atoms with Crippen molar-refractivity contribution in [3.8, 4) is 6.07 Å². The summed E-state index contributed by atoms with van der Waals surface area (Å²) in [7, 11) is 2.79. The second-order valence-corrected chi connectivity index (χ2v) is 2.45. The van der Waals surface area contributed by atoms with Crippen LogP contribution in [0.15, 0.2) is 24.5 Å². The zero-order valence-corrected chi connectivity index (χ0v) is 7.50.